The largest absolute Gasteiger partial charge is 0.324 e. The van der Waals surface area contributed by atoms with Gasteiger partial charge in [0, 0.05) is 16.5 Å². The van der Waals surface area contributed by atoms with E-state index in [9.17, 15) is 0 Å². The first-order chi connectivity index (χ1) is 9.92. The minimum Gasteiger partial charge on any atom is -0.324 e. The van der Waals surface area contributed by atoms with E-state index in [1.54, 1.807) is 12.4 Å². The van der Waals surface area contributed by atoms with Crippen LogP contribution in [0.2, 0.25) is 0 Å². The quantitative estimate of drug-likeness (QED) is 0.254. The Bertz CT molecular complexity index is 694. The Hall–Kier alpha value is -2.31. The van der Waals surface area contributed by atoms with Crippen molar-refractivity contribution < 1.29 is 9.22 Å². The van der Waals surface area contributed by atoms with Gasteiger partial charge in [0.05, 0.1) is 12.4 Å². The Balaban J connectivity index is 1.55. The lowest BCUT2D eigenvalue weighted by atomic mass is 10.2. The van der Waals surface area contributed by atoms with E-state index in [1.807, 2.05) is 48.5 Å². The molecule has 3 rings (SSSR count). The second-order valence-electron chi connectivity index (χ2n) is 3.98. The summed E-state index contributed by atoms with van der Waals surface area (Å²) >= 11 is 1.00. The third-order valence-corrected chi connectivity index (χ3v) is 3.07. The minimum atomic E-state index is 0.649. The molecule has 0 amide bonds. The molecule has 0 aliphatic carbocycles. The number of para-hydroxylation sites is 1. The van der Waals surface area contributed by atoms with E-state index in [2.05, 4.69) is 14.9 Å². The smallest absolute Gasteiger partial charge is 0.166 e. The summed E-state index contributed by atoms with van der Waals surface area (Å²) in [6.07, 6.45) is 3.44. The first kappa shape index (κ1) is 12.7. The standard InChI is InChI=1S/C14H11N3O2S/c1-2-4-14(5-3-1)18-19-20-17-13-7-6-11-9-15-16-10-12(11)8-13/h1-10,17H. The molecule has 0 saturated heterocycles. The molecule has 0 bridgehead atoms. The lowest BCUT2D eigenvalue weighted by Gasteiger charge is -2.06. The van der Waals surface area contributed by atoms with E-state index in [0.717, 1.165) is 28.7 Å². The van der Waals surface area contributed by atoms with E-state index in [0.29, 0.717) is 5.75 Å². The summed E-state index contributed by atoms with van der Waals surface area (Å²) < 4.78 is 8.04. The number of rotatable bonds is 5. The second-order valence-corrected chi connectivity index (χ2v) is 4.49. The van der Waals surface area contributed by atoms with Gasteiger partial charge in [0.1, 0.15) is 0 Å². The molecule has 0 radical (unpaired) electrons. The van der Waals surface area contributed by atoms with Crippen LogP contribution in [0, 0.1) is 0 Å². The number of nitrogens with zero attached hydrogens (tertiary/aromatic N) is 2. The zero-order valence-corrected chi connectivity index (χ0v) is 11.2. The van der Waals surface area contributed by atoms with E-state index < -0.39 is 0 Å². The maximum Gasteiger partial charge on any atom is 0.166 e. The summed E-state index contributed by atoms with van der Waals surface area (Å²) in [5.74, 6) is 0.649. The van der Waals surface area contributed by atoms with Crippen molar-refractivity contribution in [2.45, 2.75) is 0 Å². The highest BCUT2D eigenvalue weighted by Crippen LogP contribution is 2.20. The molecule has 100 valence electrons. The summed E-state index contributed by atoms with van der Waals surface area (Å²) in [5, 5.41) is 9.73. The molecule has 3 aromatic rings. The Kier molecular flexibility index (Phi) is 3.96. The number of hydrogen-bond acceptors (Lipinski definition) is 6. The van der Waals surface area contributed by atoms with Gasteiger partial charge in [-0.25, -0.2) is 0 Å². The van der Waals surface area contributed by atoms with Gasteiger partial charge < -0.3 is 9.61 Å². The zero-order valence-electron chi connectivity index (χ0n) is 10.4. The molecule has 20 heavy (non-hydrogen) atoms. The van der Waals surface area contributed by atoms with Crippen LogP contribution in [0.3, 0.4) is 0 Å². The van der Waals surface area contributed by atoms with Crippen LogP contribution < -0.4 is 9.61 Å². The average Bonchev–Trinajstić information content (AvgIpc) is 2.52. The van der Waals surface area contributed by atoms with E-state index in [-0.39, 0.29) is 0 Å². The van der Waals surface area contributed by atoms with Crippen LogP contribution in [0.25, 0.3) is 10.8 Å². The topological polar surface area (TPSA) is 56.3 Å². The van der Waals surface area contributed by atoms with Gasteiger partial charge in [-0.3, -0.25) is 0 Å². The van der Waals surface area contributed by atoms with E-state index in [1.165, 1.54) is 0 Å². The predicted octanol–water partition coefficient (Wildman–Crippen LogP) is 3.62. The molecular formula is C14H11N3O2S. The van der Waals surface area contributed by atoms with Crippen molar-refractivity contribution in [2.24, 2.45) is 0 Å². The number of anilines is 1. The highest BCUT2D eigenvalue weighted by molar-refractivity contribution is 7.95. The van der Waals surface area contributed by atoms with Crippen molar-refractivity contribution in [3.05, 3.63) is 60.9 Å². The minimum absolute atomic E-state index is 0.649. The van der Waals surface area contributed by atoms with Crippen LogP contribution in [-0.4, -0.2) is 10.2 Å². The molecule has 6 heteroatoms. The van der Waals surface area contributed by atoms with Crippen molar-refractivity contribution >= 4 is 28.7 Å². The fraction of sp³-hybridized carbons (Fsp3) is 0. The summed E-state index contributed by atoms with van der Waals surface area (Å²) in [7, 11) is 0. The Morgan fingerprint density at radius 1 is 0.900 bits per heavy atom. The lowest BCUT2D eigenvalue weighted by molar-refractivity contribution is -0.0771. The second kappa shape index (κ2) is 6.23. The number of aromatic nitrogens is 2. The molecule has 0 spiro atoms. The van der Waals surface area contributed by atoms with Gasteiger partial charge in [0.2, 0.25) is 0 Å². The Morgan fingerprint density at radius 2 is 1.70 bits per heavy atom. The number of benzene rings is 2. The molecule has 0 unspecified atom stereocenters. The molecule has 0 atom stereocenters. The highest BCUT2D eigenvalue weighted by Gasteiger charge is 1.98. The molecule has 0 aliphatic rings. The number of nitrogens with one attached hydrogen (secondary N) is 1. The maximum atomic E-state index is 5.09. The van der Waals surface area contributed by atoms with Crippen LogP contribution in [0.4, 0.5) is 5.69 Å². The van der Waals surface area contributed by atoms with Crippen molar-refractivity contribution in [2.75, 3.05) is 4.72 Å². The molecule has 1 aromatic heterocycles. The van der Waals surface area contributed by atoms with Crippen LogP contribution in [0.15, 0.2) is 60.9 Å². The first-order valence-electron chi connectivity index (χ1n) is 5.93. The van der Waals surface area contributed by atoms with Crippen molar-refractivity contribution in [3.63, 3.8) is 0 Å². The van der Waals surface area contributed by atoms with Crippen molar-refractivity contribution in [1.29, 1.82) is 0 Å². The average molecular weight is 285 g/mol. The molecular weight excluding hydrogens is 274 g/mol. The van der Waals surface area contributed by atoms with Crippen molar-refractivity contribution in [3.8, 4) is 5.75 Å². The van der Waals surface area contributed by atoms with Gasteiger partial charge in [-0.2, -0.15) is 10.2 Å². The molecule has 1 N–H and O–H groups in total. The van der Waals surface area contributed by atoms with Gasteiger partial charge in [0.25, 0.3) is 0 Å². The van der Waals surface area contributed by atoms with Crippen LogP contribution in [0.1, 0.15) is 0 Å². The molecule has 5 nitrogen and oxygen atoms in total. The van der Waals surface area contributed by atoms with Gasteiger partial charge in [-0.05, 0) is 24.3 Å². The zero-order chi connectivity index (χ0) is 13.6. The molecule has 0 saturated carbocycles. The molecule has 1 heterocycles. The summed E-state index contributed by atoms with van der Waals surface area (Å²) in [4.78, 5) is 5.09. The van der Waals surface area contributed by atoms with E-state index in [4.69, 9.17) is 9.22 Å². The van der Waals surface area contributed by atoms with E-state index >= 15 is 0 Å². The molecule has 0 fully saturated rings. The summed E-state index contributed by atoms with van der Waals surface area (Å²) in [5.41, 5.74) is 0.896. The fourth-order valence-electron chi connectivity index (χ4n) is 1.66. The van der Waals surface area contributed by atoms with Gasteiger partial charge >= 0.3 is 0 Å². The Morgan fingerprint density at radius 3 is 2.55 bits per heavy atom. The molecule has 0 aliphatic heterocycles. The number of hydrogen-bond donors (Lipinski definition) is 1. The normalized spacial score (nSPS) is 10.4. The summed E-state index contributed by atoms with van der Waals surface area (Å²) in [6.45, 7) is 0. The highest BCUT2D eigenvalue weighted by atomic mass is 32.2. The third kappa shape index (κ3) is 3.17. The number of fused-ring (bicyclic) bond motifs is 1. The van der Waals surface area contributed by atoms with Gasteiger partial charge in [0.15, 0.2) is 18.0 Å². The first-order valence-corrected chi connectivity index (χ1v) is 6.68. The SMILES string of the molecule is c1ccc(OOSNc2ccc3cnncc3c2)cc1. The van der Waals surface area contributed by atoms with Gasteiger partial charge in [-0.1, -0.05) is 28.6 Å². The van der Waals surface area contributed by atoms with Crippen LogP contribution >= 0.6 is 12.2 Å². The third-order valence-electron chi connectivity index (χ3n) is 2.61. The molecule has 2 aromatic carbocycles. The van der Waals surface area contributed by atoms with Gasteiger partial charge in [-0.15, -0.1) is 0 Å². The fourth-order valence-corrected chi connectivity index (χ4v) is 2.03. The van der Waals surface area contributed by atoms with Crippen molar-refractivity contribution in [1.82, 2.24) is 10.2 Å². The monoisotopic (exact) mass is 285 g/mol. The lowest BCUT2D eigenvalue weighted by Crippen LogP contribution is -1.94. The van der Waals surface area contributed by atoms with Crippen LogP contribution in [-0.2, 0) is 4.33 Å². The maximum absolute atomic E-state index is 5.09. The van der Waals surface area contributed by atoms with Crippen LogP contribution in [0.5, 0.6) is 5.75 Å². The predicted molar refractivity (Wildman–Crippen MR) is 78.9 cm³/mol. The summed E-state index contributed by atoms with van der Waals surface area (Å²) in [6, 6.07) is 15.2. The Labute approximate surface area is 120 Å².